The van der Waals surface area contributed by atoms with Gasteiger partial charge in [0.25, 0.3) is 11.6 Å². The molecule has 0 bridgehead atoms. The van der Waals surface area contributed by atoms with Gasteiger partial charge in [0, 0.05) is 11.6 Å². The van der Waals surface area contributed by atoms with E-state index in [-0.39, 0.29) is 23.5 Å². The van der Waals surface area contributed by atoms with Crippen LogP contribution in [0.2, 0.25) is 0 Å². The van der Waals surface area contributed by atoms with Crippen LogP contribution in [0.4, 0.5) is 11.4 Å². The lowest BCUT2D eigenvalue weighted by Gasteiger charge is -2.15. The molecule has 8 heteroatoms. The van der Waals surface area contributed by atoms with Crippen LogP contribution >= 0.6 is 0 Å². The summed E-state index contributed by atoms with van der Waals surface area (Å²) in [7, 11) is 0. The second-order valence-corrected chi connectivity index (χ2v) is 6.57. The van der Waals surface area contributed by atoms with Gasteiger partial charge in [0.1, 0.15) is 18.0 Å². The van der Waals surface area contributed by atoms with E-state index in [4.69, 9.17) is 9.47 Å². The Morgan fingerprint density at radius 3 is 2.35 bits per heavy atom. The lowest BCUT2D eigenvalue weighted by molar-refractivity contribution is -0.383. The van der Waals surface area contributed by atoms with Crippen molar-refractivity contribution in [1.29, 1.82) is 0 Å². The predicted molar refractivity (Wildman–Crippen MR) is 114 cm³/mol. The van der Waals surface area contributed by atoms with Crippen LogP contribution in [0.25, 0.3) is 0 Å². The third kappa shape index (κ3) is 5.66. The standard InChI is InChI=1S/C23H20N2O6/c1-16(22(26)24-20-13-7-8-14-21(20)25(28)29)31-23(27)19-12-6-5-9-17(19)15-30-18-10-3-2-4-11-18/h2-14,16H,15H2,1H3,(H,24,26). The van der Waals surface area contributed by atoms with E-state index in [0.717, 1.165) is 0 Å². The normalized spacial score (nSPS) is 11.3. The number of benzene rings is 3. The summed E-state index contributed by atoms with van der Waals surface area (Å²) in [5.41, 5.74) is 0.640. The van der Waals surface area contributed by atoms with Crippen molar-refractivity contribution in [3.63, 3.8) is 0 Å². The van der Waals surface area contributed by atoms with E-state index >= 15 is 0 Å². The maximum absolute atomic E-state index is 12.7. The lowest BCUT2D eigenvalue weighted by atomic mass is 10.1. The van der Waals surface area contributed by atoms with Gasteiger partial charge in [-0.25, -0.2) is 4.79 Å². The number of hydrogen-bond donors (Lipinski definition) is 1. The number of anilines is 1. The Kier molecular flexibility index (Phi) is 6.95. The number of nitro groups is 1. The lowest BCUT2D eigenvalue weighted by Crippen LogP contribution is -2.30. The van der Waals surface area contributed by atoms with Crippen molar-refractivity contribution in [3.05, 3.63) is 100 Å². The van der Waals surface area contributed by atoms with Crippen molar-refractivity contribution in [2.75, 3.05) is 5.32 Å². The molecule has 1 unspecified atom stereocenters. The number of amides is 1. The maximum atomic E-state index is 12.7. The van der Waals surface area contributed by atoms with Crippen LogP contribution in [0.1, 0.15) is 22.8 Å². The summed E-state index contributed by atoms with van der Waals surface area (Å²) in [6.07, 6.45) is -1.17. The van der Waals surface area contributed by atoms with E-state index < -0.39 is 22.9 Å². The highest BCUT2D eigenvalue weighted by molar-refractivity contribution is 5.99. The number of carbonyl (C=O) groups is 2. The summed E-state index contributed by atoms with van der Waals surface area (Å²) >= 11 is 0. The molecule has 0 fully saturated rings. The van der Waals surface area contributed by atoms with Gasteiger partial charge in [-0.15, -0.1) is 0 Å². The minimum Gasteiger partial charge on any atom is -0.489 e. The zero-order valence-electron chi connectivity index (χ0n) is 16.7. The van der Waals surface area contributed by atoms with Crippen molar-refractivity contribution >= 4 is 23.3 Å². The van der Waals surface area contributed by atoms with Crippen LogP contribution in [0.3, 0.4) is 0 Å². The average Bonchev–Trinajstić information content (AvgIpc) is 2.78. The molecule has 3 aromatic rings. The largest absolute Gasteiger partial charge is 0.489 e. The van der Waals surface area contributed by atoms with Crippen molar-refractivity contribution in [3.8, 4) is 5.75 Å². The first-order valence-corrected chi connectivity index (χ1v) is 9.46. The van der Waals surface area contributed by atoms with Gasteiger partial charge in [0.05, 0.1) is 10.5 Å². The van der Waals surface area contributed by atoms with Gasteiger partial charge in [-0.2, -0.15) is 0 Å². The molecule has 1 N–H and O–H groups in total. The minimum absolute atomic E-state index is 0.0251. The van der Waals surface area contributed by atoms with Crippen LogP contribution in [0.15, 0.2) is 78.9 Å². The fourth-order valence-corrected chi connectivity index (χ4v) is 2.77. The van der Waals surface area contributed by atoms with Crippen molar-refractivity contribution in [2.24, 2.45) is 0 Å². The number of nitrogens with zero attached hydrogens (tertiary/aromatic N) is 1. The molecule has 158 valence electrons. The van der Waals surface area contributed by atoms with E-state index in [2.05, 4.69) is 5.32 Å². The molecule has 0 aliphatic heterocycles. The highest BCUT2D eigenvalue weighted by Crippen LogP contribution is 2.23. The van der Waals surface area contributed by atoms with E-state index in [9.17, 15) is 19.7 Å². The Morgan fingerprint density at radius 1 is 0.968 bits per heavy atom. The molecule has 1 amide bonds. The Balaban J connectivity index is 1.66. The van der Waals surface area contributed by atoms with Crippen LogP contribution in [-0.2, 0) is 16.1 Å². The van der Waals surface area contributed by atoms with E-state index in [1.165, 1.54) is 25.1 Å². The van der Waals surface area contributed by atoms with Crippen LogP contribution in [-0.4, -0.2) is 22.9 Å². The molecule has 0 spiro atoms. The number of nitro benzene ring substituents is 1. The Morgan fingerprint density at radius 2 is 1.61 bits per heavy atom. The van der Waals surface area contributed by atoms with Crippen LogP contribution in [0.5, 0.6) is 5.75 Å². The fraction of sp³-hybridized carbons (Fsp3) is 0.130. The van der Waals surface area contributed by atoms with Crippen molar-refractivity contribution in [1.82, 2.24) is 0 Å². The number of para-hydroxylation sites is 3. The number of nitrogens with one attached hydrogen (secondary N) is 1. The molecule has 31 heavy (non-hydrogen) atoms. The van der Waals surface area contributed by atoms with E-state index in [0.29, 0.717) is 11.3 Å². The molecule has 0 aliphatic carbocycles. The number of rotatable bonds is 8. The monoisotopic (exact) mass is 420 g/mol. The van der Waals surface area contributed by atoms with E-state index in [1.54, 1.807) is 42.5 Å². The summed E-state index contributed by atoms with van der Waals surface area (Å²) < 4.78 is 11.0. The maximum Gasteiger partial charge on any atom is 0.339 e. The average molecular weight is 420 g/mol. The molecule has 0 aliphatic rings. The fourth-order valence-electron chi connectivity index (χ4n) is 2.77. The summed E-state index contributed by atoms with van der Waals surface area (Å²) in [5, 5.41) is 13.5. The molecule has 0 aromatic heterocycles. The Labute approximate surface area is 178 Å². The van der Waals surface area contributed by atoms with Crippen LogP contribution in [0, 0.1) is 10.1 Å². The van der Waals surface area contributed by atoms with E-state index in [1.807, 2.05) is 18.2 Å². The van der Waals surface area contributed by atoms with Gasteiger partial charge in [-0.1, -0.05) is 48.5 Å². The molecular formula is C23H20N2O6. The first-order chi connectivity index (χ1) is 15.0. The second kappa shape index (κ2) is 10.0. The molecular weight excluding hydrogens is 400 g/mol. The Bertz CT molecular complexity index is 1080. The zero-order chi connectivity index (χ0) is 22.2. The molecule has 0 radical (unpaired) electrons. The molecule has 0 heterocycles. The number of carbonyl (C=O) groups excluding carboxylic acids is 2. The van der Waals surface area contributed by atoms with Crippen molar-refractivity contribution < 1.29 is 24.0 Å². The SMILES string of the molecule is CC(OC(=O)c1ccccc1COc1ccccc1)C(=O)Nc1ccccc1[N+](=O)[O-]. The highest BCUT2D eigenvalue weighted by Gasteiger charge is 2.23. The summed E-state index contributed by atoms with van der Waals surface area (Å²) in [6, 6.07) is 21.6. The summed E-state index contributed by atoms with van der Waals surface area (Å²) in [5.74, 6) is -0.721. The summed E-state index contributed by atoms with van der Waals surface area (Å²) in [4.78, 5) is 35.6. The van der Waals surface area contributed by atoms with Gasteiger partial charge >= 0.3 is 5.97 Å². The predicted octanol–water partition coefficient (Wildman–Crippen LogP) is 4.36. The number of hydrogen-bond acceptors (Lipinski definition) is 6. The van der Waals surface area contributed by atoms with Gasteiger partial charge in [0.2, 0.25) is 0 Å². The van der Waals surface area contributed by atoms with Gasteiger partial charge in [-0.05, 0) is 31.2 Å². The minimum atomic E-state index is -1.17. The first kappa shape index (κ1) is 21.5. The number of esters is 1. The summed E-state index contributed by atoms with van der Waals surface area (Å²) in [6.45, 7) is 1.54. The molecule has 3 rings (SSSR count). The molecule has 1 atom stereocenters. The Hall–Kier alpha value is -4.20. The number of ether oxygens (including phenoxy) is 2. The molecule has 0 saturated heterocycles. The molecule has 0 saturated carbocycles. The quantitative estimate of drug-likeness (QED) is 0.330. The molecule has 8 nitrogen and oxygen atoms in total. The van der Waals surface area contributed by atoms with Crippen molar-refractivity contribution in [2.45, 2.75) is 19.6 Å². The van der Waals surface area contributed by atoms with Gasteiger partial charge in [0.15, 0.2) is 6.10 Å². The third-order valence-electron chi connectivity index (χ3n) is 4.39. The van der Waals surface area contributed by atoms with Gasteiger partial charge < -0.3 is 14.8 Å². The highest BCUT2D eigenvalue weighted by atomic mass is 16.6. The first-order valence-electron chi connectivity index (χ1n) is 9.46. The zero-order valence-corrected chi connectivity index (χ0v) is 16.7. The third-order valence-corrected chi connectivity index (χ3v) is 4.39. The topological polar surface area (TPSA) is 108 Å². The van der Waals surface area contributed by atoms with Gasteiger partial charge in [-0.3, -0.25) is 14.9 Å². The second-order valence-electron chi connectivity index (χ2n) is 6.57. The van der Waals surface area contributed by atoms with Crippen LogP contribution < -0.4 is 10.1 Å². The molecule has 3 aromatic carbocycles. The smallest absolute Gasteiger partial charge is 0.339 e.